The van der Waals surface area contributed by atoms with Gasteiger partial charge in [-0.15, -0.1) is 5.10 Å². The summed E-state index contributed by atoms with van der Waals surface area (Å²) in [6.45, 7) is 4.74. The van der Waals surface area contributed by atoms with E-state index in [9.17, 15) is 9.18 Å². The van der Waals surface area contributed by atoms with Crippen LogP contribution >= 0.6 is 0 Å². The first-order chi connectivity index (χ1) is 12.9. The largest absolute Gasteiger partial charge is 0.491 e. The molecular formula is C17H17FN6O3. The van der Waals surface area contributed by atoms with Crippen molar-refractivity contribution in [3.8, 4) is 28.7 Å². The van der Waals surface area contributed by atoms with Crippen LogP contribution in [-0.2, 0) is 6.54 Å². The molecule has 1 aliphatic rings. The van der Waals surface area contributed by atoms with E-state index in [1.165, 1.54) is 12.1 Å². The SMILES string of the molecule is CC(C)n1nc(NC(=O)O)nc1-c1cn2c(n1)-c1ccc(F)cc1OCC2. The predicted molar refractivity (Wildman–Crippen MR) is 94.2 cm³/mol. The zero-order valence-corrected chi connectivity index (χ0v) is 14.7. The molecule has 0 unspecified atom stereocenters. The molecule has 0 bridgehead atoms. The van der Waals surface area contributed by atoms with Crippen LogP contribution in [0.5, 0.6) is 5.75 Å². The Balaban J connectivity index is 1.82. The fourth-order valence-electron chi connectivity index (χ4n) is 2.97. The van der Waals surface area contributed by atoms with Crippen molar-refractivity contribution in [1.29, 1.82) is 0 Å². The number of nitrogens with one attached hydrogen (secondary N) is 1. The number of fused-ring (bicyclic) bond motifs is 3. The summed E-state index contributed by atoms with van der Waals surface area (Å²) in [5, 5.41) is 15.3. The van der Waals surface area contributed by atoms with Crippen molar-refractivity contribution in [2.24, 2.45) is 0 Å². The fourth-order valence-corrected chi connectivity index (χ4v) is 2.97. The zero-order chi connectivity index (χ0) is 19.1. The number of nitrogens with zero attached hydrogens (tertiary/aromatic N) is 5. The molecule has 140 valence electrons. The van der Waals surface area contributed by atoms with Gasteiger partial charge in [0.05, 0.1) is 12.1 Å². The number of rotatable bonds is 3. The number of hydrogen-bond acceptors (Lipinski definition) is 5. The van der Waals surface area contributed by atoms with Crippen molar-refractivity contribution >= 4 is 12.0 Å². The third kappa shape index (κ3) is 3.09. The monoisotopic (exact) mass is 372 g/mol. The van der Waals surface area contributed by atoms with Crippen molar-refractivity contribution in [2.75, 3.05) is 11.9 Å². The van der Waals surface area contributed by atoms with E-state index < -0.39 is 6.09 Å². The second-order valence-corrected chi connectivity index (χ2v) is 6.36. The predicted octanol–water partition coefficient (Wildman–Crippen LogP) is 3.01. The highest BCUT2D eigenvalue weighted by molar-refractivity contribution is 5.80. The number of aromatic nitrogens is 5. The summed E-state index contributed by atoms with van der Waals surface area (Å²) in [6.07, 6.45) is 0.570. The van der Waals surface area contributed by atoms with Gasteiger partial charge >= 0.3 is 6.09 Å². The minimum atomic E-state index is -1.24. The highest BCUT2D eigenvalue weighted by atomic mass is 19.1. The third-order valence-electron chi connectivity index (χ3n) is 4.12. The minimum Gasteiger partial charge on any atom is -0.491 e. The van der Waals surface area contributed by atoms with Gasteiger partial charge in [-0.3, -0.25) is 5.32 Å². The molecule has 0 saturated heterocycles. The molecule has 0 saturated carbocycles. The van der Waals surface area contributed by atoms with E-state index in [2.05, 4.69) is 20.4 Å². The van der Waals surface area contributed by atoms with Crippen LogP contribution in [-0.4, -0.2) is 42.1 Å². The summed E-state index contributed by atoms with van der Waals surface area (Å²) in [5.74, 6) is 1.12. The van der Waals surface area contributed by atoms with E-state index in [4.69, 9.17) is 9.84 Å². The van der Waals surface area contributed by atoms with Gasteiger partial charge in [0.15, 0.2) is 5.82 Å². The lowest BCUT2D eigenvalue weighted by Gasteiger charge is -2.07. The maximum absolute atomic E-state index is 13.5. The number of carbonyl (C=O) groups is 1. The molecule has 10 heteroatoms. The average molecular weight is 372 g/mol. The Labute approximate surface area is 153 Å². The first-order valence-corrected chi connectivity index (χ1v) is 8.39. The molecule has 2 N–H and O–H groups in total. The quantitative estimate of drug-likeness (QED) is 0.732. The molecule has 1 aliphatic heterocycles. The van der Waals surface area contributed by atoms with Gasteiger partial charge in [0, 0.05) is 18.3 Å². The second kappa shape index (κ2) is 6.38. The molecule has 3 aromatic rings. The van der Waals surface area contributed by atoms with Gasteiger partial charge in [-0.25, -0.2) is 18.9 Å². The zero-order valence-electron chi connectivity index (χ0n) is 14.7. The Hall–Kier alpha value is -3.43. The molecule has 9 nitrogen and oxygen atoms in total. The molecule has 0 spiro atoms. The van der Waals surface area contributed by atoms with Gasteiger partial charge in [0.1, 0.15) is 29.7 Å². The lowest BCUT2D eigenvalue weighted by Crippen LogP contribution is -2.10. The molecule has 1 amide bonds. The van der Waals surface area contributed by atoms with Crippen molar-refractivity contribution in [3.63, 3.8) is 0 Å². The van der Waals surface area contributed by atoms with Crippen molar-refractivity contribution in [2.45, 2.75) is 26.4 Å². The van der Waals surface area contributed by atoms with Crippen LogP contribution in [0.25, 0.3) is 22.9 Å². The van der Waals surface area contributed by atoms with Crippen LogP contribution in [0.2, 0.25) is 0 Å². The summed E-state index contributed by atoms with van der Waals surface area (Å²) >= 11 is 0. The fraction of sp³-hybridized carbons (Fsp3) is 0.294. The molecular weight excluding hydrogens is 355 g/mol. The number of imidazole rings is 1. The molecule has 1 aromatic carbocycles. The Morgan fingerprint density at radius 1 is 1.33 bits per heavy atom. The van der Waals surface area contributed by atoms with Crippen molar-refractivity contribution in [1.82, 2.24) is 24.3 Å². The standard InChI is InChI=1S/C17H17FN6O3/c1-9(2)24-15(20-16(22-24)21-17(25)26)12-8-23-5-6-27-13-7-10(18)3-4-11(13)14(23)19-12/h3-4,7-9H,5-6H2,1-2H3,(H,21,22)(H,25,26). The number of halogens is 1. The van der Waals surface area contributed by atoms with E-state index in [1.54, 1.807) is 10.7 Å². The molecule has 3 heterocycles. The molecule has 0 radical (unpaired) electrons. The van der Waals surface area contributed by atoms with Crippen LogP contribution in [0.4, 0.5) is 15.1 Å². The van der Waals surface area contributed by atoms with Gasteiger partial charge in [-0.2, -0.15) is 4.98 Å². The number of hydrogen-bond donors (Lipinski definition) is 2. The molecule has 27 heavy (non-hydrogen) atoms. The number of amides is 1. The first-order valence-electron chi connectivity index (χ1n) is 8.39. The Morgan fingerprint density at radius 2 is 2.15 bits per heavy atom. The Morgan fingerprint density at radius 3 is 2.89 bits per heavy atom. The van der Waals surface area contributed by atoms with E-state index in [0.29, 0.717) is 41.8 Å². The topological polar surface area (TPSA) is 107 Å². The van der Waals surface area contributed by atoms with Crippen LogP contribution in [0.1, 0.15) is 19.9 Å². The van der Waals surface area contributed by atoms with Crippen LogP contribution < -0.4 is 10.1 Å². The van der Waals surface area contributed by atoms with E-state index in [1.807, 2.05) is 24.6 Å². The van der Waals surface area contributed by atoms with Gasteiger partial charge in [0.2, 0.25) is 0 Å². The summed E-state index contributed by atoms with van der Waals surface area (Å²) in [5.41, 5.74) is 1.22. The molecule has 0 atom stereocenters. The number of ether oxygens (including phenoxy) is 1. The molecule has 0 fully saturated rings. The molecule has 0 aliphatic carbocycles. The van der Waals surface area contributed by atoms with Gasteiger partial charge in [-0.05, 0) is 26.0 Å². The second-order valence-electron chi connectivity index (χ2n) is 6.36. The first kappa shape index (κ1) is 17.0. The summed E-state index contributed by atoms with van der Waals surface area (Å²) < 4.78 is 22.7. The van der Waals surface area contributed by atoms with E-state index in [0.717, 1.165) is 0 Å². The van der Waals surface area contributed by atoms with Gasteiger partial charge in [-0.1, -0.05) is 0 Å². The van der Waals surface area contributed by atoms with Crippen LogP contribution in [0, 0.1) is 5.82 Å². The lowest BCUT2D eigenvalue weighted by molar-refractivity contribution is 0.209. The van der Waals surface area contributed by atoms with Crippen LogP contribution in [0.3, 0.4) is 0 Å². The lowest BCUT2D eigenvalue weighted by atomic mass is 10.2. The maximum atomic E-state index is 13.5. The summed E-state index contributed by atoms with van der Waals surface area (Å²) in [4.78, 5) is 19.8. The normalized spacial score (nSPS) is 12.9. The van der Waals surface area contributed by atoms with E-state index in [-0.39, 0.29) is 17.8 Å². The highest BCUT2D eigenvalue weighted by Crippen LogP contribution is 2.34. The number of carboxylic acid groups (broad SMARTS) is 1. The number of anilines is 1. The third-order valence-corrected chi connectivity index (χ3v) is 4.12. The van der Waals surface area contributed by atoms with Gasteiger partial charge < -0.3 is 14.4 Å². The average Bonchev–Trinajstić information content (AvgIpc) is 3.15. The van der Waals surface area contributed by atoms with Crippen molar-refractivity contribution in [3.05, 3.63) is 30.2 Å². The smallest absolute Gasteiger partial charge is 0.411 e. The molecule has 2 aromatic heterocycles. The highest BCUT2D eigenvalue weighted by Gasteiger charge is 2.23. The summed E-state index contributed by atoms with van der Waals surface area (Å²) in [7, 11) is 0. The van der Waals surface area contributed by atoms with E-state index >= 15 is 0 Å². The van der Waals surface area contributed by atoms with Crippen molar-refractivity contribution < 1.29 is 19.0 Å². The summed E-state index contributed by atoms with van der Waals surface area (Å²) in [6, 6.07) is 4.27. The number of benzene rings is 1. The minimum absolute atomic E-state index is 0.0137. The van der Waals surface area contributed by atoms with Crippen LogP contribution in [0.15, 0.2) is 24.4 Å². The van der Waals surface area contributed by atoms with Gasteiger partial charge in [0.25, 0.3) is 5.95 Å². The Bertz CT molecular complexity index is 1030. The Kier molecular flexibility index (Phi) is 4.02. The maximum Gasteiger partial charge on any atom is 0.411 e. The molecule has 4 rings (SSSR count).